The second-order valence-electron chi connectivity index (χ2n) is 7.96. The fourth-order valence-corrected chi connectivity index (χ4v) is 6.15. The van der Waals surface area contributed by atoms with Gasteiger partial charge in [0.05, 0.1) is 18.4 Å². The first-order chi connectivity index (χ1) is 14.4. The Balaban J connectivity index is 1.67. The monoisotopic (exact) mass is 443 g/mol. The molecule has 3 heterocycles. The first-order valence-electron chi connectivity index (χ1n) is 10.1. The Labute approximate surface area is 183 Å². The number of carbonyl (C=O) groups is 2. The van der Waals surface area contributed by atoms with Gasteiger partial charge in [0.25, 0.3) is 5.91 Å². The molecular formula is C22H25N3O3S2. The van der Waals surface area contributed by atoms with Gasteiger partial charge >= 0.3 is 5.97 Å². The molecule has 0 saturated carbocycles. The zero-order valence-electron chi connectivity index (χ0n) is 17.3. The zero-order chi connectivity index (χ0) is 21.4. The number of hydrogen-bond donors (Lipinski definition) is 2. The molecule has 0 aromatic carbocycles. The summed E-state index contributed by atoms with van der Waals surface area (Å²) >= 11 is 2.75. The Morgan fingerprint density at radius 2 is 2.00 bits per heavy atom. The number of pyridine rings is 1. The van der Waals surface area contributed by atoms with Crippen LogP contribution in [0.2, 0.25) is 0 Å². The molecule has 0 bridgehead atoms. The van der Waals surface area contributed by atoms with Gasteiger partial charge in [-0.25, -0.2) is 9.78 Å². The van der Waals surface area contributed by atoms with Crippen molar-refractivity contribution in [1.29, 1.82) is 0 Å². The molecule has 0 atom stereocenters. The number of nitrogens with one attached hydrogen (secondary N) is 1. The number of methoxy groups -OCH3 is 1. The Kier molecular flexibility index (Phi) is 5.79. The molecule has 0 aliphatic heterocycles. The average Bonchev–Trinajstić information content (AvgIpc) is 3.24. The molecule has 3 aromatic heterocycles. The van der Waals surface area contributed by atoms with E-state index in [9.17, 15) is 9.59 Å². The minimum Gasteiger partial charge on any atom is -0.465 e. The van der Waals surface area contributed by atoms with E-state index in [4.69, 9.17) is 10.5 Å². The lowest BCUT2D eigenvalue weighted by atomic mass is 9.95. The normalized spacial score (nSPS) is 13.5. The largest absolute Gasteiger partial charge is 0.465 e. The van der Waals surface area contributed by atoms with Crippen molar-refractivity contribution in [2.24, 2.45) is 5.92 Å². The number of thiophene rings is 2. The molecule has 30 heavy (non-hydrogen) atoms. The number of nitrogens with zero attached hydrogens (tertiary/aromatic N) is 1. The second-order valence-corrected chi connectivity index (χ2v) is 10.1. The van der Waals surface area contributed by atoms with E-state index < -0.39 is 5.97 Å². The van der Waals surface area contributed by atoms with Gasteiger partial charge < -0.3 is 15.8 Å². The molecule has 0 fully saturated rings. The van der Waals surface area contributed by atoms with Crippen LogP contribution in [0.3, 0.4) is 0 Å². The standard InChI is InChI=1S/C22H25N3O3S2/c1-11(2)10-12-8-9-14-17(23)18(30-20(14)24-12)19(26)25-21-16(22(27)28-3)13-6-4-5-7-15(13)29-21/h8-9,11H,4-7,10,23H2,1-3H3,(H,25,26). The fourth-order valence-electron chi connectivity index (χ4n) is 3.87. The van der Waals surface area contributed by atoms with Gasteiger partial charge in [0.1, 0.15) is 14.7 Å². The first-order valence-corrected chi connectivity index (χ1v) is 11.7. The van der Waals surface area contributed by atoms with Crippen LogP contribution in [-0.4, -0.2) is 24.0 Å². The van der Waals surface area contributed by atoms with Crippen molar-refractivity contribution in [1.82, 2.24) is 4.98 Å². The van der Waals surface area contributed by atoms with Gasteiger partial charge in [0.2, 0.25) is 0 Å². The van der Waals surface area contributed by atoms with Crippen LogP contribution in [-0.2, 0) is 24.0 Å². The number of ether oxygens (including phenoxy) is 1. The number of rotatable bonds is 5. The minimum absolute atomic E-state index is 0.315. The van der Waals surface area contributed by atoms with E-state index in [0.29, 0.717) is 27.0 Å². The highest BCUT2D eigenvalue weighted by Gasteiger charge is 2.28. The van der Waals surface area contributed by atoms with Crippen molar-refractivity contribution < 1.29 is 14.3 Å². The Bertz CT molecular complexity index is 1130. The summed E-state index contributed by atoms with van der Waals surface area (Å²) < 4.78 is 4.99. The average molecular weight is 444 g/mol. The number of aryl methyl sites for hydroxylation is 1. The van der Waals surface area contributed by atoms with Crippen LogP contribution in [0, 0.1) is 5.92 Å². The topological polar surface area (TPSA) is 94.3 Å². The van der Waals surface area contributed by atoms with E-state index in [1.165, 1.54) is 29.8 Å². The minimum atomic E-state index is -0.408. The molecule has 1 aliphatic carbocycles. The molecule has 158 valence electrons. The molecule has 6 nitrogen and oxygen atoms in total. The Hall–Kier alpha value is -2.45. The summed E-state index contributed by atoms with van der Waals surface area (Å²) in [6, 6.07) is 3.90. The van der Waals surface area contributed by atoms with Gasteiger partial charge in [0.15, 0.2) is 0 Å². The van der Waals surface area contributed by atoms with Crippen LogP contribution >= 0.6 is 22.7 Å². The van der Waals surface area contributed by atoms with Gasteiger partial charge in [0, 0.05) is 16.0 Å². The predicted octanol–water partition coefficient (Wildman–Crippen LogP) is 5.06. The number of nitrogens with two attached hydrogens (primary N) is 1. The summed E-state index contributed by atoms with van der Waals surface area (Å²) in [4.78, 5) is 32.5. The van der Waals surface area contributed by atoms with Crippen molar-refractivity contribution in [3.05, 3.63) is 38.7 Å². The molecule has 0 radical (unpaired) electrons. The van der Waals surface area contributed by atoms with E-state index in [1.54, 1.807) is 0 Å². The first kappa shape index (κ1) is 20.8. The summed E-state index contributed by atoms with van der Waals surface area (Å²) in [5, 5.41) is 4.26. The lowest BCUT2D eigenvalue weighted by Crippen LogP contribution is -2.15. The lowest BCUT2D eigenvalue weighted by molar-refractivity contribution is 0.0601. The molecule has 0 unspecified atom stereocenters. The maximum Gasteiger partial charge on any atom is 0.341 e. The molecule has 1 aliphatic rings. The van der Waals surface area contributed by atoms with Crippen LogP contribution in [0.1, 0.15) is 62.9 Å². The summed E-state index contributed by atoms with van der Waals surface area (Å²) in [7, 11) is 1.37. The number of nitrogen functional groups attached to an aromatic ring is 1. The lowest BCUT2D eigenvalue weighted by Gasteiger charge is -2.11. The number of aromatic nitrogens is 1. The molecular weight excluding hydrogens is 418 g/mol. The summed E-state index contributed by atoms with van der Waals surface area (Å²) in [5.41, 5.74) is 9.21. The van der Waals surface area contributed by atoms with Crippen molar-refractivity contribution in [2.45, 2.75) is 46.0 Å². The maximum atomic E-state index is 13.1. The molecule has 1 amide bonds. The smallest absolute Gasteiger partial charge is 0.341 e. The number of carbonyl (C=O) groups excluding carboxylic acids is 2. The van der Waals surface area contributed by atoms with Crippen LogP contribution in [0.25, 0.3) is 10.2 Å². The highest BCUT2D eigenvalue weighted by molar-refractivity contribution is 7.21. The maximum absolute atomic E-state index is 13.1. The molecule has 4 rings (SSSR count). The fraction of sp³-hybridized carbons (Fsp3) is 0.409. The quantitative estimate of drug-likeness (QED) is 0.538. The predicted molar refractivity (Wildman–Crippen MR) is 123 cm³/mol. The van der Waals surface area contributed by atoms with Gasteiger partial charge in [-0.2, -0.15) is 0 Å². The number of amides is 1. The summed E-state index contributed by atoms with van der Waals surface area (Å²) in [5.74, 6) is -0.227. The number of fused-ring (bicyclic) bond motifs is 2. The summed E-state index contributed by atoms with van der Waals surface area (Å²) in [6.07, 6.45) is 4.76. The van der Waals surface area contributed by atoms with Crippen molar-refractivity contribution >= 4 is 55.5 Å². The zero-order valence-corrected chi connectivity index (χ0v) is 19.0. The van der Waals surface area contributed by atoms with Gasteiger partial charge in [-0.15, -0.1) is 22.7 Å². The van der Waals surface area contributed by atoms with Crippen molar-refractivity contribution in [3.63, 3.8) is 0 Å². The Morgan fingerprint density at radius 1 is 1.23 bits per heavy atom. The molecule has 0 spiro atoms. The highest BCUT2D eigenvalue weighted by Crippen LogP contribution is 2.40. The van der Waals surface area contributed by atoms with Crippen LogP contribution in [0.5, 0.6) is 0 Å². The molecule has 3 aromatic rings. The van der Waals surface area contributed by atoms with Crippen LogP contribution in [0.15, 0.2) is 12.1 Å². The van der Waals surface area contributed by atoms with Gasteiger partial charge in [-0.05, 0) is 55.7 Å². The SMILES string of the molecule is COC(=O)c1c(NC(=O)c2sc3nc(CC(C)C)ccc3c2N)sc2c1CCCC2. The van der Waals surface area contributed by atoms with Crippen LogP contribution in [0.4, 0.5) is 10.7 Å². The van der Waals surface area contributed by atoms with Crippen molar-refractivity contribution in [2.75, 3.05) is 18.2 Å². The Morgan fingerprint density at radius 3 is 2.73 bits per heavy atom. The third-order valence-corrected chi connectivity index (χ3v) is 7.58. The molecule has 3 N–H and O–H groups in total. The van der Waals surface area contributed by atoms with Gasteiger partial charge in [-0.1, -0.05) is 13.8 Å². The number of esters is 1. The highest BCUT2D eigenvalue weighted by atomic mass is 32.1. The third kappa shape index (κ3) is 3.81. The van der Waals surface area contributed by atoms with E-state index in [-0.39, 0.29) is 5.91 Å². The van der Waals surface area contributed by atoms with Crippen molar-refractivity contribution in [3.8, 4) is 0 Å². The van der Waals surface area contributed by atoms with Crippen LogP contribution < -0.4 is 11.1 Å². The molecule has 8 heteroatoms. The van der Waals surface area contributed by atoms with E-state index in [0.717, 1.165) is 58.5 Å². The second kappa shape index (κ2) is 8.35. The third-order valence-electron chi connectivity index (χ3n) is 5.26. The van der Waals surface area contributed by atoms with Gasteiger partial charge in [-0.3, -0.25) is 4.79 Å². The van der Waals surface area contributed by atoms with E-state index >= 15 is 0 Å². The number of hydrogen-bond acceptors (Lipinski definition) is 7. The molecule has 0 saturated heterocycles. The van der Waals surface area contributed by atoms with E-state index in [1.807, 2.05) is 12.1 Å². The number of anilines is 2. The van der Waals surface area contributed by atoms with E-state index in [2.05, 4.69) is 24.1 Å². The summed E-state index contributed by atoms with van der Waals surface area (Å²) in [6.45, 7) is 4.29.